The number of aromatic nitrogens is 1. The number of rotatable bonds is 8. The van der Waals surface area contributed by atoms with Crippen LogP contribution in [0.2, 0.25) is 5.02 Å². The molecule has 0 saturated heterocycles. The molecule has 0 saturated carbocycles. The lowest BCUT2D eigenvalue weighted by Gasteiger charge is -2.13. The number of halogens is 1. The first-order chi connectivity index (χ1) is 15.1. The highest BCUT2D eigenvalue weighted by atomic mass is 35.5. The van der Waals surface area contributed by atoms with Crippen molar-refractivity contribution >= 4 is 23.2 Å². The maximum atomic E-state index is 12.2. The molecule has 2 heterocycles. The van der Waals surface area contributed by atoms with E-state index < -0.39 is 0 Å². The molecule has 1 amide bonds. The summed E-state index contributed by atoms with van der Waals surface area (Å²) in [5.41, 5.74) is 1.75. The number of methoxy groups -OCH3 is 2. The van der Waals surface area contributed by atoms with Gasteiger partial charge in [-0.1, -0.05) is 16.8 Å². The van der Waals surface area contributed by atoms with Gasteiger partial charge in [0.05, 0.1) is 31.5 Å². The van der Waals surface area contributed by atoms with Gasteiger partial charge in [0.1, 0.15) is 23.8 Å². The van der Waals surface area contributed by atoms with Crippen molar-refractivity contribution in [2.75, 3.05) is 32.9 Å². The summed E-state index contributed by atoms with van der Waals surface area (Å²) in [5, 5.41) is 7.01. The fourth-order valence-electron chi connectivity index (χ4n) is 2.96. The van der Waals surface area contributed by atoms with Crippen LogP contribution in [0.25, 0.3) is 11.3 Å². The molecule has 0 unspecified atom stereocenters. The van der Waals surface area contributed by atoms with E-state index in [1.54, 1.807) is 24.3 Å². The van der Waals surface area contributed by atoms with Gasteiger partial charge in [-0.3, -0.25) is 4.79 Å². The van der Waals surface area contributed by atoms with Crippen LogP contribution in [0.5, 0.6) is 23.0 Å². The SMILES string of the molecule is COc1cc(OC)c(NC(=O)COCc2cc(-c3ccc4c(c3)OCO4)on2)cc1Cl. The smallest absolute Gasteiger partial charge is 0.250 e. The zero-order valence-electron chi connectivity index (χ0n) is 16.8. The largest absolute Gasteiger partial charge is 0.495 e. The van der Waals surface area contributed by atoms with E-state index in [4.69, 9.17) is 39.8 Å². The van der Waals surface area contributed by atoms with Crippen molar-refractivity contribution in [2.24, 2.45) is 0 Å². The van der Waals surface area contributed by atoms with Crippen molar-refractivity contribution in [1.82, 2.24) is 5.16 Å². The average Bonchev–Trinajstić information content (AvgIpc) is 3.43. The van der Waals surface area contributed by atoms with Crippen molar-refractivity contribution in [3.8, 4) is 34.3 Å². The number of nitrogens with one attached hydrogen (secondary N) is 1. The van der Waals surface area contributed by atoms with Gasteiger partial charge < -0.3 is 33.5 Å². The van der Waals surface area contributed by atoms with Crippen molar-refractivity contribution < 1.29 is 33.0 Å². The summed E-state index contributed by atoms with van der Waals surface area (Å²) in [4.78, 5) is 12.2. The van der Waals surface area contributed by atoms with E-state index in [0.29, 0.717) is 45.2 Å². The molecule has 10 heteroatoms. The second kappa shape index (κ2) is 9.15. The van der Waals surface area contributed by atoms with Crippen LogP contribution < -0.4 is 24.3 Å². The molecule has 1 aliphatic rings. The molecule has 0 atom stereocenters. The van der Waals surface area contributed by atoms with E-state index in [2.05, 4.69) is 10.5 Å². The topological polar surface area (TPSA) is 101 Å². The van der Waals surface area contributed by atoms with Crippen LogP contribution in [0.15, 0.2) is 40.9 Å². The van der Waals surface area contributed by atoms with Gasteiger partial charge in [-0.05, 0) is 24.3 Å². The molecule has 4 rings (SSSR count). The van der Waals surface area contributed by atoms with Crippen LogP contribution in [0.4, 0.5) is 5.69 Å². The van der Waals surface area contributed by atoms with Gasteiger partial charge in [-0.25, -0.2) is 0 Å². The second-order valence-electron chi connectivity index (χ2n) is 6.48. The van der Waals surface area contributed by atoms with Crippen LogP contribution in [-0.4, -0.2) is 38.7 Å². The number of hydrogen-bond donors (Lipinski definition) is 1. The fraction of sp³-hybridized carbons (Fsp3) is 0.238. The highest BCUT2D eigenvalue weighted by Gasteiger charge is 2.16. The molecule has 1 N–H and O–H groups in total. The zero-order chi connectivity index (χ0) is 21.8. The van der Waals surface area contributed by atoms with Gasteiger partial charge in [0, 0.05) is 17.7 Å². The van der Waals surface area contributed by atoms with Gasteiger partial charge in [0.15, 0.2) is 17.3 Å². The van der Waals surface area contributed by atoms with Gasteiger partial charge in [0.25, 0.3) is 0 Å². The number of anilines is 1. The molecule has 9 nitrogen and oxygen atoms in total. The Morgan fingerprint density at radius 2 is 1.90 bits per heavy atom. The van der Waals surface area contributed by atoms with Crippen molar-refractivity contribution in [3.63, 3.8) is 0 Å². The van der Waals surface area contributed by atoms with Gasteiger partial charge in [-0.2, -0.15) is 0 Å². The van der Waals surface area contributed by atoms with E-state index in [-0.39, 0.29) is 25.9 Å². The second-order valence-corrected chi connectivity index (χ2v) is 6.89. The predicted molar refractivity (Wildman–Crippen MR) is 111 cm³/mol. The highest BCUT2D eigenvalue weighted by Crippen LogP contribution is 2.37. The number of fused-ring (bicyclic) bond motifs is 1. The van der Waals surface area contributed by atoms with Crippen LogP contribution in [0.3, 0.4) is 0 Å². The number of nitrogens with zero attached hydrogens (tertiary/aromatic N) is 1. The minimum atomic E-state index is -0.376. The van der Waals surface area contributed by atoms with E-state index in [1.807, 2.05) is 12.1 Å². The Labute approximate surface area is 182 Å². The molecule has 0 bridgehead atoms. The van der Waals surface area contributed by atoms with Gasteiger partial charge in [-0.15, -0.1) is 0 Å². The number of amides is 1. The zero-order valence-corrected chi connectivity index (χ0v) is 17.5. The molecule has 1 aliphatic heterocycles. The molecular weight excluding hydrogens is 428 g/mol. The van der Waals surface area contributed by atoms with Crippen LogP contribution in [0.1, 0.15) is 5.69 Å². The van der Waals surface area contributed by atoms with Gasteiger partial charge in [0.2, 0.25) is 12.7 Å². The molecule has 3 aromatic rings. The summed E-state index contributed by atoms with van der Waals surface area (Å²) in [5.74, 6) is 2.37. The lowest BCUT2D eigenvalue weighted by molar-refractivity contribution is -0.121. The Bertz CT molecular complexity index is 1100. The maximum absolute atomic E-state index is 12.2. The van der Waals surface area contributed by atoms with Crippen LogP contribution in [-0.2, 0) is 16.1 Å². The number of carbonyl (C=O) groups is 1. The Hall–Kier alpha value is -3.43. The first kappa shape index (κ1) is 20.8. The van der Waals surface area contributed by atoms with Gasteiger partial charge >= 0.3 is 0 Å². The molecule has 162 valence electrons. The van der Waals surface area contributed by atoms with Crippen molar-refractivity contribution in [1.29, 1.82) is 0 Å². The molecular formula is C21H19ClN2O7. The van der Waals surface area contributed by atoms with E-state index >= 15 is 0 Å². The van der Waals surface area contributed by atoms with Crippen LogP contribution in [0, 0.1) is 0 Å². The third-order valence-corrected chi connectivity index (χ3v) is 4.74. The lowest BCUT2D eigenvalue weighted by Crippen LogP contribution is -2.18. The summed E-state index contributed by atoms with van der Waals surface area (Å²) in [6.07, 6.45) is 0. The molecule has 1 aromatic heterocycles. The monoisotopic (exact) mass is 446 g/mol. The average molecular weight is 447 g/mol. The Morgan fingerprint density at radius 3 is 2.71 bits per heavy atom. The molecule has 0 fully saturated rings. The lowest BCUT2D eigenvalue weighted by atomic mass is 10.1. The normalized spacial score (nSPS) is 12.0. The minimum absolute atomic E-state index is 0.0992. The summed E-state index contributed by atoms with van der Waals surface area (Å²) < 4.78 is 31.9. The summed E-state index contributed by atoms with van der Waals surface area (Å²) in [6.45, 7) is 0.103. The quantitative estimate of drug-likeness (QED) is 0.556. The van der Waals surface area contributed by atoms with E-state index in [1.165, 1.54) is 14.2 Å². The van der Waals surface area contributed by atoms with E-state index in [9.17, 15) is 4.79 Å². The fourth-order valence-corrected chi connectivity index (χ4v) is 3.20. The predicted octanol–water partition coefficient (Wildman–Crippen LogP) is 3.90. The molecule has 0 spiro atoms. The number of ether oxygens (including phenoxy) is 5. The van der Waals surface area contributed by atoms with Crippen molar-refractivity contribution in [3.05, 3.63) is 47.1 Å². The third kappa shape index (κ3) is 4.68. The maximum Gasteiger partial charge on any atom is 0.250 e. The Kier molecular flexibility index (Phi) is 6.15. The molecule has 31 heavy (non-hydrogen) atoms. The highest BCUT2D eigenvalue weighted by molar-refractivity contribution is 6.32. The molecule has 0 radical (unpaired) electrons. The first-order valence-corrected chi connectivity index (χ1v) is 9.60. The summed E-state index contributed by atoms with van der Waals surface area (Å²) >= 11 is 6.11. The first-order valence-electron chi connectivity index (χ1n) is 9.22. The van der Waals surface area contributed by atoms with Crippen molar-refractivity contribution in [2.45, 2.75) is 6.61 Å². The number of benzene rings is 2. The molecule has 2 aromatic carbocycles. The summed E-state index contributed by atoms with van der Waals surface area (Å²) in [6, 6.07) is 10.3. The Balaban J connectivity index is 1.32. The third-order valence-electron chi connectivity index (χ3n) is 4.45. The molecule has 0 aliphatic carbocycles. The van der Waals surface area contributed by atoms with Crippen LogP contribution >= 0.6 is 11.6 Å². The Morgan fingerprint density at radius 1 is 1.10 bits per heavy atom. The number of hydrogen-bond acceptors (Lipinski definition) is 8. The minimum Gasteiger partial charge on any atom is -0.495 e. The number of carbonyl (C=O) groups excluding carboxylic acids is 1. The summed E-state index contributed by atoms with van der Waals surface area (Å²) in [7, 11) is 2.98. The standard InChI is InChI=1S/C21H19ClN2O7/c1-26-18-8-19(27-2)15(7-14(18)22)23-21(25)10-28-9-13-6-17(31-24-13)12-3-4-16-20(5-12)30-11-29-16/h3-8H,9-11H2,1-2H3,(H,23,25). The van der Waals surface area contributed by atoms with E-state index in [0.717, 1.165) is 5.56 Å².